The molecule has 1 atom stereocenters. The van der Waals surface area contributed by atoms with Gasteiger partial charge in [0.1, 0.15) is 18.2 Å². The molecule has 12 heteroatoms. The van der Waals surface area contributed by atoms with Gasteiger partial charge in [0.25, 0.3) is 0 Å². The predicted octanol–water partition coefficient (Wildman–Crippen LogP) is 4.67. The molecule has 2 fully saturated rings. The maximum absolute atomic E-state index is 13.6. The van der Waals surface area contributed by atoms with E-state index < -0.39 is 11.9 Å². The first-order chi connectivity index (χ1) is 22.0. The number of likely N-dealkylation sites (tertiary alicyclic amines) is 1. The molecule has 0 saturated carbocycles. The van der Waals surface area contributed by atoms with Gasteiger partial charge in [-0.05, 0) is 73.5 Å². The highest BCUT2D eigenvalue weighted by Gasteiger charge is 2.32. The van der Waals surface area contributed by atoms with Gasteiger partial charge in [-0.1, -0.05) is 45.0 Å². The van der Waals surface area contributed by atoms with Gasteiger partial charge in [-0.15, -0.1) is 0 Å². The number of carboxylic acid groups (broad SMARTS) is 2. The highest BCUT2D eigenvalue weighted by molar-refractivity contribution is 6.27. The number of ether oxygens (including phenoxy) is 2. The van der Waals surface area contributed by atoms with Gasteiger partial charge in [0.2, 0.25) is 5.91 Å². The number of halogens is 1. The van der Waals surface area contributed by atoms with Crippen LogP contribution in [0.5, 0.6) is 5.75 Å². The van der Waals surface area contributed by atoms with Crippen molar-refractivity contribution in [3.63, 3.8) is 0 Å². The molecule has 2 aromatic carbocycles. The van der Waals surface area contributed by atoms with Gasteiger partial charge in [-0.2, -0.15) is 0 Å². The van der Waals surface area contributed by atoms with Crippen molar-refractivity contribution in [1.29, 1.82) is 0 Å². The van der Waals surface area contributed by atoms with E-state index in [-0.39, 0.29) is 29.9 Å². The summed E-state index contributed by atoms with van der Waals surface area (Å²) in [5.41, 5.74) is 1.88. The molecule has 2 aromatic rings. The Kier molecular flexibility index (Phi) is 14.3. The van der Waals surface area contributed by atoms with Crippen LogP contribution in [0.15, 0.2) is 48.5 Å². The molecule has 2 saturated heterocycles. The molecule has 11 nitrogen and oxygen atoms in total. The van der Waals surface area contributed by atoms with Gasteiger partial charge in [0.05, 0.1) is 19.1 Å². The SMILES string of the molecule is CCC1COC(=O)N1CCCN1CCC(N(Cc2ccc(F)cc2)C(=O)Cc2ccc(OCC(C)C)cc2)CC1.O=C(O)C(=O)O. The van der Waals surface area contributed by atoms with E-state index >= 15 is 0 Å². The Balaban J connectivity index is 0.000000875. The lowest BCUT2D eigenvalue weighted by molar-refractivity contribution is -0.159. The molecule has 0 bridgehead atoms. The molecule has 0 aromatic heterocycles. The van der Waals surface area contributed by atoms with E-state index in [0.29, 0.717) is 38.6 Å². The predicted molar refractivity (Wildman–Crippen MR) is 169 cm³/mol. The van der Waals surface area contributed by atoms with E-state index in [9.17, 15) is 14.0 Å². The average Bonchev–Trinajstić information content (AvgIpc) is 3.40. The van der Waals surface area contributed by atoms with Gasteiger partial charge in [-0.25, -0.2) is 18.8 Å². The van der Waals surface area contributed by atoms with Crippen LogP contribution in [0.4, 0.5) is 9.18 Å². The summed E-state index contributed by atoms with van der Waals surface area (Å²) in [6.45, 7) is 11.4. The third kappa shape index (κ3) is 11.6. The number of benzene rings is 2. The Morgan fingerprint density at radius 2 is 1.59 bits per heavy atom. The highest BCUT2D eigenvalue weighted by atomic mass is 19.1. The number of piperidine rings is 1. The summed E-state index contributed by atoms with van der Waals surface area (Å²) in [4.78, 5) is 50.1. The fourth-order valence-corrected chi connectivity index (χ4v) is 5.47. The number of carbonyl (C=O) groups is 4. The summed E-state index contributed by atoms with van der Waals surface area (Å²) in [5.74, 6) is -2.58. The van der Waals surface area contributed by atoms with Crippen LogP contribution in [0.25, 0.3) is 0 Å². The van der Waals surface area contributed by atoms with Crippen molar-refractivity contribution in [3.8, 4) is 5.75 Å². The molecule has 2 aliphatic heterocycles. The molecule has 0 spiro atoms. The largest absolute Gasteiger partial charge is 0.493 e. The lowest BCUT2D eigenvalue weighted by Gasteiger charge is -2.39. The van der Waals surface area contributed by atoms with Gasteiger partial charge >= 0.3 is 18.0 Å². The number of hydrogen-bond donors (Lipinski definition) is 2. The summed E-state index contributed by atoms with van der Waals surface area (Å²) in [6, 6.07) is 14.5. The number of rotatable bonds is 13. The third-order valence-corrected chi connectivity index (χ3v) is 8.05. The summed E-state index contributed by atoms with van der Waals surface area (Å²) in [7, 11) is 0. The number of aliphatic carboxylic acids is 2. The van der Waals surface area contributed by atoms with Crippen LogP contribution in [0.1, 0.15) is 57.6 Å². The Labute approximate surface area is 269 Å². The lowest BCUT2D eigenvalue weighted by atomic mass is 10.0. The normalized spacial score (nSPS) is 16.8. The maximum atomic E-state index is 13.6. The number of carbonyl (C=O) groups excluding carboxylic acids is 2. The van der Waals surface area contributed by atoms with Gasteiger partial charge in [-0.3, -0.25) is 4.79 Å². The van der Waals surface area contributed by atoms with Gasteiger partial charge in [0, 0.05) is 32.2 Å². The Morgan fingerprint density at radius 3 is 2.15 bits per heavy atom. The van der Waals surface area contributed by atoms with Crippen LogP contribution < -0.4 is 4.74 Å². The molecule has 46 heavy (non-hydrogen) atoms. The van der Waals surface area contributed by atoms with Crippen molar-refractivity contribution in [2.45, 2.75) is 71.5 Å². The van der Waals surface area contributed by atoms with E-state index in [0.717, 1.165) is 62.2 Å². The molecule has 2 N–H and O–H groups in total. The smallest absolute Gasteiger partial charge is 0.414 e. The second-order valence-electron chi connectivity index (χ2n) is 12.0. The molecular formula is C34H46FN3O8. The van der Waals surface area contributed by atoms with Crippen molar-refractivity contribution < 1.29 is 43.3 Å². The summed E-state index contributed by atoms with van der Waals surface area (Å²) >= 11 is 0. The van der Waals surface area contributed by atoms with Crippen LogP contribution >= 0.6 is 0 Å². The third-order valence-electron chi connectivity index (χ3n) is 8.05. The van der Waals surface area contributed by atoms with E-state index in [2.05, 4.69) is 25.7 Å². The zero-order valence-corrected chi connectivity index (χ0v) is 26.9. The zero-order chi connectivity index (χ0) is 33.6. The summed E-state index contributed by atoms with van der Waals surface area (Å²) < 4.78 is 24.5. The number of nitrogens with zero attached hydrogens (tertiary/aromatic N) is 3. The Hall–Kier alpha value is -4.19. The molecule has 1 unspecified atom stereocenters. The van der Waals surface area contributed by atoms with Gasteiger partial charge < -0.3 is 34.4 Å². The second kappa shape index (κ2) is 18.1. The van der Waals surface area contributed by atoms with Crippen LogP contribution in [0.2, 0.25) is 0 Å². The van der Waals surface area contributed by atoms with E-state index in [1.54, 1.807) is 12.1 Å². The van der Waals surface area contributed by atoms with Crippen molar-refractivity contribution in [1.82, 2.24) is 14.7 Å². The molecule has 0 aliphatic carbocycles. The highest BCUT2D eigenvalue weighted by Crippen LogP contribution is 2.23. The number of hydrogen-bond acceptors (Lipinski definition) is 7. The molecule has 2 amide bonds. The van der Waals surface area contributed by atoms with Gasteiger partial charge in [0.15, 0.2) is 0 Å². The number of amides is 2. The summed E-state index contributed by atoms with van der Waals surface area (Å²) in [5, 5.41) is 14.8. The molecule has 2 aliphatic rings. The van der Waals surface area contributed by atoms with Crippen LogP contribution in [0.3, 0.4) is 0 Å². The first kappa shape index (κ1) is 36.3. The minimum atomic E-state index is -1.82. The monoisotopic (exact) mass is 643 g/mol. The molecular weight excluding hydrogens is 597 g/mol. The topological polar surface area (TPSA) is 137 Å². The van der Waals surface area contributed by atoms with Crippen molar-refractivity contribution in [3.05, 3.63) is 65.5 Å². The minimum absolute atomic E-state index is 0.0803. The van der Waals surface area contributed by atoms with Crippen LogP contribution in [0, 0.1) is 11.7 Å². The minimum Gasteiger partial charge on any atom is -0.493 e. The van der Waals surface area contributed by atoms with Crippen molar-refractivity contribution in [2.24, 2.45) is 5.92 Å². The quantitative estimate of drug-likeness (QED) is 0.298. The van der Waals surface area contributed by atoms with Crippen LogP contribution in [-0.4, -0.2) is 100 Å². The Bertz CT molecular complexity index is 1270. The Morgan fingerprint density at radius 1 is 0.978 bits per heavy atom. The molecule has 0 radical (unpaired) electrons. The number of carboxylic acids is 2. The first-order valence-corrected chi connectivity index (χ1v) is 15.8. The second-order valence-corrected chi connectivity index (χ2v) is 12.0. The van der Waals surface area contributed by atoms with E-state index in [1.807, 2.05) is 34.1 Å². The average molecular weight is 644 g/mol. The first-order valence-electron chi connectivity index (χ1n) is 15.8. The fourth-order valence-electron chi connectivity index (χ4n) is 5.47. The van der Waals surface area contributed by atoms with E-state index in [1.165, 1.54) is 12.1 Å². The zero-order valence-electron chi connectivity index (χ0n) is 26.9. The lowest BCUT2D eigenvalue weighted by Crippen LogP contribution is -2.48. The van der Waals surface area contributed by atoms with Crippen molar-refractivity contribution in [2.75, 3.05) is 39.4 Å². The number of cyclic esters (lactones) is 1. The van der Waals surface area contributed by atoms with Crippen molar-refractivity contribution >= 4 is 23.9 Å². The molecule has 252 valence electrons. The standard InChI is InChI=1S/C32H44FN3O4.C2H2O4/c1-4-28-23-40-32(38)35(28)17-5-16-34-18-14-29(15-19-34)36(21-26-6-10-27(33)11-7-26)31(37)20-25-8-12-30(13-9-25)39-22-24(2)3;3-1(4)2(5)6/h6-13,24,28-29H,4-5,14-23H2,1-3H3;(H,3,4)(H,5,6). The maximum Gasteiger partial charge on any atom is 0.414 e. The summed E-state index contributed by atoms with van der Waals surface area (Å²) in [6.07, 6.45) is 3.71. The van der Waals surface area contributed by atoms with E-state index in [4.69, 9.17) is 29.3 Å². The molecule has 2 heterocycles. The molecule has 4 rings (SSSR count). The fraction of sp³-hybridized carbons (Fsp3) is 0.529. The van der Waals surface area contributed by atoms with Crippen LogP contribution in [-0.2, 0) is 32.1 Å².